The van der Waals surface area contributed by atoms with Gasteiger partial charge in [-0.15, -0.1) is 0 Å². The second kappa shape index (κ2) is 12.4. The van der Waals surface area contributed by atoms with Crippen LogP contribution in [0.2, 0.25) is 0 Å². The fraction of sp³-hybridized carbons (Fsp3) is 0.481. The molecule has 2 amide bonds. The summed E-state index contributed by atoms with van der Waals surface area (Å²) in [5, 5.41) is 12.2. The molecule has 0 saturated heterocycles. The van der Waals surface area contributed by atoms with Gasteiger partial charge in [-0.25, -0.2) is 0 Å². The lowest BCUT2D eigenvalue weighted by Gasteiger charge is -2.38. The van der Waals surface area contributed by atoms with E-state index in [1.165, 1.54) is 12.1 Å². The first kappa shape index (κ1) is 28.5. The van der Waals surface area contributed by atoms with Crippen LogP contribution >= 0.6 is 0 Å². The van der Waals surface area contributed by atoms with E-state index in [4.69, 9.17) is 4.74 Å². The summed E-state index contributed by atoms with van der Waals surface area (Å²) in [6.07, 6.45) is -6.68. The number of ether oxygens (including phenoxy) is 1. The fourth-order valence-electron chi connectivity index (χ4n) is 4.26. The SMILES string of the molecule is C[C@H]1CN([C@@H](C)CO)C(=O)c2cc(NC(=O)CCC(F)(F)F)ccc2O[C@H]1CN(C)Cc1ccccc1. The topological polar surface area (TPSA) is 82.1 Å². The number of amides is 2. The van der Waals surface area contributed by atoms with Gasteiger partial charge in [-0.2, -0.15) is 13.2 Å². The van der Waals surface area contributed by atoms with E-state index in [-0.39, 0.29) is 35.8 Å². The number of likely N-dealkylation sites (N-methyl/N-ethyl adjacent to an activating group) is 1. The van der Waals surface area contributed by atoms with Gasteiger partial charge in [-0.05, 0) is 37.7 Å². The van der Waals surface area contributed by atoms with Gasteiger partial charge in [0.2, 0.25) is 5.91 Å². The molecule has 3 atom stereocenters. The number of alkyl halides is 3. The molecule has 2 aromatic rings. The van der Waals surface area contributed by atoms with Gasteiger partial charge in [-0.3, -0.25) is 14.5 Å². The van der Waals surface area contributed by atoms with Gasteiger partial charge in [0, 0.05) is 37.7 Å². The maximum absolute atomic E-state index is 13.5. The minimum Gasteiger partial charge on any atom is -0.488 e. The fourth-order valence-corrected chi connectivity index (χ4v) is 4.26. The van der Waals surface area contributed by atoms with Gasteiger partial charge in [0.05, 0.1) is 24.6 Å². The van der Waals surface area contributed by atoms with Gasteiger partial charge in [0.15, 0.2) is 0 Å². The van der Waals surface area contributed by atoms with Gasteiger partial charge in [-0.1, -0.05) is 37.3 Å². The third-order valence-corrected chi connectivity index (χ3v) is 6.37. The van der Waals surface area contributed by atoms with Crippen molar-refractivity contribution in [3.63, 3.8) is 0 Å². The molecule has 0 saturated carbocycles. The zero-order valence-electron chi connectivity index (χ0n) is 21.3. The summed E-state index contributed by atoms with van der Waals surface area (Å²) in [6.45, 7) is 5.12. The van der Waals surface area contributed by atoms with E-state index in [2.05, 4.69) is 10.2 Å². The summed E-state index contributed by atoms with van der Waals surface area (Å²) >= 11 is 0. The molecule has 1 aliphatic heterocycles. The second-order valence-electron chi connectivity index (χ2n) is 9.68. The van der Waals surface area contributed by atoms with E-state index in [1.54, 1.807) is 17.9 Å². The van der Waals surface area contributed by atoms with E-state index >= 15 is 0 Å². The van der Waals surface area contributed by atoms with Crippen molar-refractivity contribution in [1.29, 1.82) is 0 Å². The number of nitrogens with zero attached hydrogens (tertiary/aromatic N) is 2. The monoisotopic (exact) mass is 521 g/mol. The molecule has 0 aromatic heterocycles. The van der Waals surface area contributed by atoms with E-state index in [1.807, 2.05) is 44.3 Å². The van der Waals surface area contributed by atoms with Crippen LogP contribution in [0.1, 0.15) is 42.6 Å². The zero-order chi connectivity index (χ0) is 27.2. The molecule has 0 radical (unpaired) electrons. The van der Waals surface area contributed by atoms with Crippen LogP contribution in [0.25, 0.3) is 0 Å². The van der Waals surface area contributed by atoms with Crippen LogP contribution in [0.4, 0.5) is 18.9 Å². The Labute approximate surface area is 215 Å². The van der Waals surface area contributed by atoms with Crippen molar-refractivity contribution in [2.24, 2.45) is 5.92 Å². The summed E-state index contributed by atoms with van der Waals surface area (Å²) in [6, 6.07) is 14.0. The third-order valence-electron chi connectivity index (χ3n) is 6.37. The second-order valence-corrected chi connectivity index (χ2v) is 9.68. The van der Waals surface area contributed by atoms with E-state index in [0.717, 1.165) is 5.56 Å². The number of fused-ring (bicyclic) bond motifs is 1. The van der Waals surface area contributed by atoms with Gasteiger partial charge >= 0.3 is 6.18 Å². The van der Waals surface area contributed by atoms with Gasteiger partial charge in [0.25, 0.3) is 5.91 Å². The zero-order valence-corrected chi connectivity index (χ0v) is 21.3. The summed E-state index contributed by atoms with van der Waals surface area (Å²) < 4.78 is 43.8. The first-order valence-electron chi connectivity index (χ1n) is 12.3. The molecule has 7 nitrogen and oxygen atoms in total. The van der Waals surface area contributed by atoms with Crippen LogP contribution in [0.5, 0.6) is 5.75 Å². The lowest BCUT2D eigenvalue weighted by molar-refractivity contribution is -0.142. The minimum atomic E-state index is -4.44. The molecular weight excluding hydrogens is 487 g/mol. The lowest BCUT2D eigenvalue weighted by atomic mass is 9.99. The molecular formula is C27H34F3N3O4. The molecule has 0 unspecified atom stereocenters. The molecule has 0 bridgehead atoms. The van der Waals surface area contributed by atoms with Crippen LogP contribution in [0.3, 0.4) is 0 Å². The lowest BCUT2D eigenvalue weighted by Crippen LogP contribution is -2.49. The average molecular weight is 522 g/mol. The number of halogens is 3. The van der Waals surface area contributed by atoms with Crippen LogP contribution in [0.15, 0.2) is 48.5 Å². The number of nitrogens with one attached hydrogen (secondary N) is 1. The molecule has 0 aliphatic carbocycles. The minimum absolute atomic E-state index is 0.0638. The summed E-state index contributed by atoms with van der Waals surface area (Å²) in [5.41, 5.74) is 1.53. The number of hydrogen-bond acceptors (Lipinski definition) is 5. The highest BCUT2D eigenvalue weighted by atomic mass is 19.4. The third kappa shape index (κ3) is 8.19. The molecule has 0 spiro atoms. The smallest absolute Gasteiger partial charge is 0.389 e. The quantitative estimate of drug-likeness (QED) is 0.514. The summed E-state index contributed by atoms with van der Waals surface area (Å²) in [5.74, 6) is -0.929. The predicted molar refractivity (Wildman–Crippen MR) is 134 cm³/mol. The Balaban J connectivity index is 1.84. The highest BCUT2D eigenvalue weighted by Gasteiger charge is 2.34. The first-order chi connectivity index (χ1) is 17.5. The summed E-state index contributed by atoms with van der Waals surface area (Å²) in [7, 11) is 1.99. The Kier molecular flexibility index (Phi) is 9.56. The molecule has 2 aromatic carbocycles. The summed E-state index contributed by atoms with van der Waals surface area (Å²) in [4.78, 5) is 29.2. The standard InChI is InChI=1S/C27H34F3N3O4/c1-18-14-33(19(2)17-34)26(36)22-13-21(31-25(35)11-12-27(28,29)30)9-10-23(22)37-24(18)16-32(3)15-20-7-5-4-6-8-20/h4-10,13,18-19,24,34H,11-12,14-17H2,1-3H3,(H,31,35)/t18-,19-,24-/m0/s1. The molecule has 2 N–H and O–H groups in total. The number of rotatable bonds is 9. The van der Waals surface area contributed by atoms with E-state index in [9.17, 15) is 27.9 Å². The largest absolute Gasteiger partial charge is 0.488 e. The van der Waals surface area contributed by atoms with Crippen molar-refractivity contribution in [1.82, 2.24) is 9.80 Å². The van der Waals surface area contributed by atoms with Crippen LogP contribution in [-0.4, -0.2) is 71.8 Å². The maximum Gasteiger partial charge on any atom is 0.389 e. The number of aliphatic hydroxyl groups excluding tert-OH is 1. The van der Waals surface area contributed by atoms with E-state index < -0.39 is 31.0 Å². The Morgan fingerprint density at radius 2 is 1.95 bits per heavy atom. The first-order valence-corrected chi connectivity index (χ1v) is 12.3. The number of benzene rings is 2. The highest BCUT2D eigenvalue weighted by Crippen LogP contribution is 2.31. The Bertz CT molecular complexity index is 1060. The van der Waals surface area contributed by atoms with Crippen molar-refractivity contribution in [2.75, 3.05) is 32.1 Å². The Hall–Kier alpha value is -3.11. The molecule has 0 fully saturated rings. The highest BCUT2D eigenvalue weighted by molar-refractivity contribution is 5.99. The molecule has 37 heavy (non-hydrogen) atoms. The van der Waals surface area contributed by atoms with Crippen LogP contribution in [-0.2, 0) is 11.3 Å². The average Bonchev–Trinajstić information content (AvgIpc) is 2.85. The van der Waals surface area contributed by atoms with Crippen LogP contribution in [0, 0.1) is 5.92 Å². The van der Waals surface area contributed by atoms with Crippen molar-refractivity contribution in [3.05, 3.63) is 59.7 Å². The number of hydrogen-bond donors (Lipinski definition) is 2. The Morgan fingerprint density at radius 3 is 2.59 bits per heavy atom. The normalized spacial score (nSPS) is 19.0. The molecule has 1 heterocycles. The molecule has 3 rings (SSSR count). The number of anilines is 1. The number of aliphatic hydroxyl groups is 1. The van der Waals surface area contributed by atoms with Crippen molar-refractivity contribution in [2.45, 2.75) is 51.6 Å². The maximum atomic E-state index is 13.5. The predicted octanol–water partition coefficient (Wildman–Crippen LogP) is 4.32. The van der Waals surface area contributed by atoms with Crippen molar-refractivity contribution < 1.29 is 32.6 Å². The van der Waals surface area contributed by atoms with Crippen LogP contribution < -0.4 is 10.1 Å². The van der Waals surface area contributed by atoms with Gasteiger partial charge < -0.3 is 20.1 Å². The molecule has 1 aliphatic rings. The number of carbonyl (C=O) groups is 2. The number of carbonyl (C=O) groups excluding carboxylic acids is 2. The van der Waals surface area contributed by atoms with Crippen molar-refractivity contribution in [3.8, 4) is 5.75 Å². The van der Waals surface area contributed by atoms with Crippen molar-refractivity contribution >= 4 is 17.5 Å². The van der Waals surface area contributed by atoms with E-state index in [0.29, 0.717) is 25.4 Å². The molecule has 202 valence electrons. The Morgan fingerprint density at radius 1 is 1.24 bits per heavy atom. The molecule has 10 heteroatoms. The van der Waals surface area contributed by atoms with Gasteiger partial charge in [0.1, 0.15) is 11.9 Å².